The fraction of sp³-hybridized carbons (Fsp3) is 1.00. The molecule has 124 valence electrons. The molecule has 1 saturated carbocycles. The van der Waals surface area contributed by atoms with Crippen molar-refractivity contribution in [2.45, 2.75) is 77.4 Å². The summed E-state index contributed by atoms with van der Waals surface area (Å²) in [5.41, 5.74) is -0.441. The minimum atomic E-state index is -0.441. The van der Waals surface area contributed by atoms with Gasteiger partial charge < -0.3 is 15.3 Å². The van der Waals surface area contributed by atoms with Crippen LogP contribution in [0.15, 0.2) is 0 Å². The fourth-order valence-corrected chi connectivity index (χ4v) is 3.99. The van der Waals surface area contributed by atoms with Crippen molar-refractivity contribution in [2.75, 3.05) is 26.2 Å². The summed E-state index contributed by atoms with van der Waals surface area (Å²) in [6.07, 6.45) is 8.20. The van der Waals surface area contributed by atoms with Crippen molar-refractivity contribution in [3.63, 3.8) is 0 Å². The molecule has 0 radical (unpaired) electrons. The first-order valence-electron chi connectivity index (χ1n) is 9.20. The number of nitrogens with one attached hydrogen (secondary N) is 1. The Labute approximate surface area is 131 Å². The largest absolute Gasteiger partial charge is 0.389 e. The number of rotatable bonds is 6. The van der Waals surface area contributed by atoms with Gasteiger partial charge >= 0.3 is 0 Å². The fourth-order valence-electron chi connectivity index (χ4n) is 3.99. The summed E-state index contributed by atoms with van der Waals surface area (Å²) in [7, 11) is 0. The van der Waals surface area contributed by atoms with Crippen LogP contribution in [0.1, 0.15) is 65.7 Å². The topological polar surface area (TPSA) is 35.5 Å². The van der Waals surface area contributed by atoms with Crippen molar-refractivity contribution >= 4 is 0 Å². The second-order valence-corrected chi connectivity index (χ2v) is 7.76. The molecule has 0 aromatic heterocycles. The van der Waals surface area contributed by atoms with Crippen LogP contribution < -0.4 is 5.32 Å². The maximum absolute atomic E-state index is 10.7. The van der Waals surface area contributed by atoms with Gasteiger partial charge in [-0.1, -0.05) is 13.8 Å². The van der Waals surface area contributed by atoms with Crippen LogP contribution >= 0.6 is 0 Å². The van der Waals surface area contributed by atoms with E-state index in [1.165, 1.54) is 51.7 Å². The first kappa shape index (κ1) is 17.2. The molecule has 2 rings (SSSR count). The van der Waals surface area contributed by atoms with Crippen molar-refractivity contribution < 1.29 is 5.11 Å². The van der Waals surface area contributed by atoms with Gasteiger partial charge in [0.1, 0.15) is 0 Å². The van der Waals surface area contributed by atoms with Crippen LogP contribution in [-0.4, -0.2) is 47.8 Å². The van der Waals surface area contributed by atoms with Gasteiger partial charge in [0, 0.05) is 12.6 Å². The molecule has 0 spiro atoms. The molecule has 2 fully saturated rings. The lowest BCUT2D eigenvalue weighted by Gasteiger charge is -2.39. The van der Waals surface area contributed by atoms with Gasteiger partial charge in [0.25, 0.3) is 0 Å². The third kappa shape index (κ3) is 5.22. The van der Waals surface area contributed by atoms with E-state index in [9.17, 15) is 5.11 Å². The van der Waals surface area contributed by atoms with E-state index in [-0.39, 0.29) is 0 Å². The van der Waals surface area contributed by atoms with Crippen molar-refractivity contribution in [3.05, 3.63) is 0 Å². The zero-order valence-corrected chi connectivity index (χ0v) is 14.4. The average Bonchev–Trinajstić information content (AvgIpc) is 2.49. The van der Waals surface area contributed by atoms with Crippen molar-refractivity contribution in [3.8, 4) is 0 Å². The minimum absolute atomic E-state index is 0.441. The Morgan fingerprint density at radius 2 is 1.81 bits per heavy atom. The molecular weight excluding hydrogens is 260 g/mol. The molecule has 2 aliphatic rings. The minimum Gasteiger partial charge on any atom is -0.389 e. The highest BCUT2D eigenvalue weighted by Crippen LogP contribution is 2.31. The molecule has 3 nitrogen and oxygen atoms in total. The molecule has 1 aliphatic carbocycles. The predicted molar refractivity (Wildman–Crippen MR) is 89.5 cm³/mol. The SMILES string of the molecule is CCCN1CCC(C(C)NCC2(O)CCC(C)CC2)CC1. The van der Waals surface area contributed by atoms with Crippen LogP contribution in [0.4, 0.5) is 0 Å². The van der Waals surface area contributed by atoms with Crippen LogP contribution in [-0.2, 0) is 0 Å². The van der Waals surface area contributed by atoms with E-state index < -0.39 is 5.60 Å². The van der Waals surface area contributed by atoms with Gasteiger partial charge in [0.05, 0.1) is 5.60 Å². The Balaban J connectivity index is 1.69. The highest BCUT2D eigenvalue weighted by atomic mass is 16.3. The molecule has 1 atom stereocenters. The van der Waals surface area contributed by atoms with E-state index in [0.29, 0.717) is 6.04 Å². The maximum Gasteiger partial charge on any atom is 0.0771 e. The molecule has 0 amide bonds. The highest BCUT2D eigenvalue weighted by Gasteiger charge is 2.32. The molecule has 21 heavy (non-hydrogen) atoms. The number of nitrogens with zero attached hydrogens (tertiary/aromatic N) is 1. The van der Waals surface area contributed by atoms with Gasteiger partial charge in [-0.3, -0.25) is 0 Å². The zero-order valence-electron chi connectivity index (χ0n) is 14.4. The van der Waals surface area contributed by atoms with Crippen LogP contribution in [0.3, 0.4) is 0 Å². The smallest absolute Gasteiger partial charge is 0.0771 e. The summed E-state index contributed by atoms with van der Waals surface area (Å²) >= 11 is 0. The third-order valence-corrected chi connectivity index (χ3v) is 5.84. The van der Waals surface area contributed by atoms with E-state index in [0.717, 1.165) is 31.2 Å². The van der Waals surface area contributed by atoms with Gasteiger partial charge in [-0.25, -0.2) is 0 Å². The molecule has 1 saturated heterocycles. The number of hydrogen-bond donors (Lipinski definition) is 2. The first-order valence-corrected chi connectivity index (χ1v) is 9.20. The molecule has 3 heteroatoms. The molecule has 1 heterocycles. The van der Waals surface area contributed by atoms with Crippen molar-refractivity contribution in [2.24, 2.45) is 11.8 Å². The number of aliphatic hydroxyl groups is 1. The van der Waals surface area contributed by atoms with Gasteiger partial charge in [-0.15, -0.1) is 0 Å². The number of piperidine rings is 1. The third-order valence-electron chi connectivity index (χ3n) is 5.84. The Morgan fingerprint density at radius 1 is 1.19 bits per heavy atom. The Bertz CT molecular complexity index is 292. The maximum atomic E-state index is 10.7. The van der Waals surface area contributed by atoms with Crippen LogP contribution in [0, 0.1) is 11.8 Å². The Kier molecular flexibility index (Phi) is 6.51. The molecule has 0 bridgehead atoms. The summed E-state index contributed by atoms with van der Waals surface area (Å²) in [6.45, 7) is 11.4. The van der Waals surface area contributed by atoms with E-state index in [4.69, 9.17) is 0 Å². The summed E-state index contributed by atoms with van der Waals surface area (Å²) in [5.74, 6) is 1.58. The highest BCUT2D eigenvalue weighted by molar-refractivity contribution is 4.88. The second kappa shape index (κ2) is 7.94. The lowest BCUT2D eigenvalue weighted by molar-refractivity contribution is -0.0100. The molecule has 2 N–H and O–H groups in total. The predicted octanol–water partition coefficient (Wildman–Crippen LogP) is 3.03. The summed E-state index contributed by atoms with van der Waals surface area (Å²) < 4.78 is 0. The summed E-state index contributed by atoms with van der Waals surface area (Å²) in [4.78, 5) is 2.60. The van der Waals surface area contributed by atoms with Crippen LogP contribution in [0.25, 0.3) is 0 Å². The van der Waals surface area contributed by atoms with E-state index >= 15 is 0 Å². The lowest BCUT2D eigenvalue weighted by atomic mass is 9.79. The van der Waals surface area contributed by atoms with Crippen molar-refractivity contribution in [1.29, 1.82) is 0 Å². The van der Waals surface area contributed by atoms with E-state index in [2.05, 4.69) is 31.0 Å². The zero-order chi connectivity index (χ0) is 15.3. The Hall–Kier alpha value is -0.120. The second-order valence-electron chi connectivity index (χ2n) is 7.76. The molecule has 1 aliphatic heterocycles. The molecule has 1 unspecified atom stereocenters. The van der Waals surface area contributed by atoms with Gasteiger partial charge in [-0.2, -0.15) is 0 Å². The Morgan fingerprint density at radius 3 is 2.38 bits per heavy atom. The first-order chi connectivity index (χ1) is 10.0. The number of hydrogen-bond acceptors (Lipinski definition) is 3. The van der Waals surface area contributed by atoms with Crippen molar-refractivity contribution in [1.82, 2.24) is 10.2 Å². The van der Waals surface area contributed by atoms with E-state index in [1.54, 1.807) is 0 Å². The quantitative estimate of drug-likeness (QED) is 0.791. The summed E-state index contributed by atoms with van der Waals surface area (Å²) in [5, 5.41) is 14.3. The lowest BCUT2D eigenvalue weighted by Crippen LogP contribution is -2.49. The van der Waals surface area contributed by atoms with E-state index in [1.807, 2.05) is 0 Å². The average molecular weight is 296 g/mol. The van der Waals surface area contributed by atoms with Gasteiger partial charge in [0.2, 0.25) is 0 Å². The molecular formula is C18H36N2O. The monoisotopic (exact) mass is 296 g/mol. The molecule has 0 aromatic rings. The van der Waals surface area contributed by atoms with Crippen LogP contribution in [0.5, 0.6) is 0 Å². The summed E-state index contributed by atoms with van der Waals surface area (Å²) in [6, 6.07) is 0.539. The molecule has 0 aromatic carbocycles. The van der Waals surface area contributed by atoms with Gasteiger partial charge in [0.15, 0.2) is 0 Å². The van der Waals surface area contributed by atoms with Gasteiger partial charge in [-0.05, 0) is 83.3 Å². The van der Waals surface area contributed by atoms with Crippen LogP contribution in [0.2, 0.25) is 0 Å². The number of likely N-dealkylation sites (tertiary alicyclic amines) is 1. The normalized spacial score (nSPS) is 34.0. The standard InChI is InChI=1S/C18H36N2O/c1-4-11-20-12-7-17(8-13-20)16(3)19-14-18(21)9-5-15(2)6-10-18/h15-17,19,21H,4-14H2,1-3H3.